The molecule has 9 nitrogen and oxygen atoms in total. The Bertz CT molecular complexity index is 1160. The Kier molecular flexibility index (Phi) is 43.2. The number of carbonyl (C=O) groups excluding carboxylic acids is 1. The SMILES string of the molecule is CCC/C=C\C/C=C\CCCCCCCC(=O)NC(COC1OC(CO)C(O)C(O)C1O)C(O)/C=C/CC/C=C/CCCCCCCCCCCCCCCCCCCCCCCCC. The van der Waals surface area contributed by atoms with Gasteiger partial charge in [-0.1, -0.05) is 229 Å². The van der Waals surface area contributed by atoms with Gasteiger partial charge in [0.05, 0.1) is 25.4 Å². The van der Waals surface area contributed by atoms with E-state index in [2.05, 4.69) is 55.6 Å². The number of hydrogen-bond donors (Lipinski definition) is 6. The monoisotopic (exact) mass is 918 g/mol. The molecule has 1 aliphatic rings. The van der Waals surface area contributed by atoms with Gasteiger partial charge in [0.25, 0.3) is 0 Å². The minimum absolute atomic E-state index is 0.201. The third-order valence-corrected chi connectivity index (χ3v) is 12.9. The summed E-state index contributed by atoms with van der Waals surface area (Å²) in [6.07, 6.45) is 53.4. The van der Waals surface area contributed by atoms with Gasteiger partial charge in [-0.05, 0) is 57.8 Å². The van der Waals surface area contributed by atoms with Crippen molar-refractivity contribution in [2.75, 3.05) is 13.2 Å². The number of aliphatic hydroxyl groups excluding tert-OH is 5. The van der Waals surface area contributed by atoms with Gasteiger partial charge < -0.3 is 40.3 Å². The van der Waals surface area contributed by atoms with E-state index in [1.807, 2.05) is 6.08 Å². The van der Waals surface area contributed by atoms with Crippen molar-refractivity contribution < 1.29 is 39.8 Å². The molecule has 7 unspecified atom stereocenters. The summed E-state index contributed by atoms with van der Waals surface area (Å²) in [4.78, 5) is 13.0. The number of rotatable bonds is 46. The van der Waals surface area contributed by atoms with E-state index < -0.39 is 49.5 Å². The zero-order valence-corrected chi connectivity index (χ0v) is 42.0. The summed E-state index contributed by atoms with van der Waals surface area (Å²) in [5.74, 6) is -0.201. The topological polar surface area (TPSA) is 149 Å². The number of hydrogen-bond acceptors (Lipinski definition) is 8. The lowest BCUT2D eigenvalue weighted by molar-refractivity contribution is -0.302. The predicted octanol–water partition coefficient (Wildman–Crippen LogP) is 13.0. The third-order valence-electron chi connectivity index (χ3n) is 12.9. The van der Waals surface area contributed by atoms with Gasteiger partial charge in [0.2, 0.25) is 5.91 Å². The molecule has 1 aliphatic heterocycles. The molecule has 0 saturated carbocycles. The maximum Gasteiger partial charge on any atom is 0.220 e. The van der Waals surface area contributed by atoms with Crippen molar-refractivity contribution in [1.29, 1.82) is 0 Å². The summed E-state index contributed by atoms with van der Waals surface area (Å²) in [7, 11) is 0. The molecule has 1 amide bonds. The van der Waals surface area contributed by atoms with Crippen LogP contribution in [0.25, 0.3) is 0 Å². The average molecular weight is 918 g/mol. The normalized spacial score (nSPS) is 20.3. The molecule has 0 bridgehead atoms. The summed E-state index contributed by atoms with van der Waals surface area (Å²) < 4.78 is 11.2. The zero-order chi connectivity index (χ0) is 47.3. The lowest BCUT2D eigenvalue weighted by Crippen LogP contribution is -2.60. The maximum atomic E-state index is 13.0. The van der Waals surface area contributed by atoms with Crippen molar-refractivity contribution in [3.05, 3.63) is 48.6 Å². The van der Waals surface area contributed by atoms with Crippen molar-refractivity contribution in [3.8, 4) is 0 Å². The van der Waals surface area contributed by atoms with Crippen molar-refractivity contribution in [1.82, 2.24) is 5.32 Å². The first-order chi connectivity index (χ1) is 31.8. The van der Waals surface area contributed by atoms with Gasteiger partial charge in [-0.25, -0.2) is 0 Å². The second-order valence-corrected chi connectivity index (χ2v) is 19.0. The number of allylic oxidation sites excluding steroid dienone is 7. The third kappa shape index (κ3) is 35.9. The molecule has 0 spiro atoms. The fourth-order valence-electron chi connectivity index (χ4n) is 8.51. The first-order valence-electron chi connectivity index (χ1n) is 27.4. The number of carbonyl (C=O) groups is 1. The van der Waals surface area contributed by atoms with Gasteiger partial charge in [-0.15, -0.1) is 0 Å². The van der Waals surface area contributed by atoms with Crippen LogP contribution in [0.15, 0.2) is 48.6 Å². The molecule has 380 valence electrons. The van der Waals surface area contributed by atoms with Crippen LogP contribution < -0.4 is 5.32 Å². The van der Waals surface area contributed by atoms with Crippen molar-refractivity contribution in [3.63, 3.8) is 0 Å². The quantitative estimate of drug-likeness (QED) is 0.0261. The number of nitrogens with one attached hydrogen (secondary N) is 1. The molecule has 6 N–H and O–H groups in total. The molecular weight excluding hydrogens is 815 g/mol. The van der Waals surface area contributed by atoms with Crippen LogP contribution >= 0.6 is 0 Å². The Hall–Kier alpha value is -1.85. The van der Waals surface area contributed by atoms with Crippen LogP contribution in [-0.4, -0.2) is 87.5 Å². The molecule has 1 fully saturated rings. The molecule has 0 radical (unpaired) electrons. The van der Waals surface area contributed by atoms with E-state index >= 15 is 0 Å². The van der Waals surface area contributed by atoms with Crippen LogP contribution in [0.1, 0.15) is 245 Å². The lowest BCUT2D eigenvalue weighted by atomic mass is 9.99. The molecule has 0 aromatic heterocycles. The fourth-order valence-corrected chi connectivity index (χ4v) is 8.51. The highest BCUT2D eigenvalue weighted by Gasteiger charge is 2.44. The Morgan fingerprint density at radius 2 is 0.954 bits per heavy atom. The molecule has 1 heterocycles. The smallest absolute Gasteiger partial charge is 0.220 e. The average Bonchev–Trinajstić information content (AvgIpc) is 3.31. The molecule has 7 atom stereocenters. The van der Waals surface area contributed by atoms with Gasteiger partial charge in [0, 0.05) is 6.42 Å². The first kappa shape index (κ1) is 61.2. The molecule has 0 aromatic rings. The van der Waals surface area contributed by atoms with E-state index in [9.17, 15) is 30.3 Å². The van der Waals surface area contributed by atoms with E-state index in [1.165, 1.54) is 154 Å². The Morgan fingerprint density at radius 3 is 1.45 bits per heavy atom. The summed E-state index contributed by atoms with van der Waals surface area (Å²) in [6, 6.07) is -0.830. The van der Waals surface area contributed by atoms with Crippen molar-refractivity contribution in [2.24, 2.45) is 0 Å². The Labute approximate surface area is 399 Å². The second-order valence-electron chi connectivity index (χ2n) is 19.0. The van der Waals surface area contributed by atoms with E-state index in [0.29, 0.717) is 6.42 Å². The molecular formula is C56H103NO8. The van der Waals surface area contributed by atoms with Crippen LogP contribution in [0.4, 0.5) is 0 Å². The summed E-state index contributed by atoms with van der Waals surface area (Å²) in [5, 5.41) is 54.3. The molecule has 0 aromatic carbocycles. The highest BCUT2D eigenvalue weighted by atomic mass is 16.7. The molecule has 0 aliphatic carbocycles. The Morgan fingerprint density at radius 1 is 0.523 bits per heavy atom. The van der Waals surface area contributed by atoms with Gasteiger partial charge in [0.1, 0.15) is 24.4 Å². The zero-order valence-electron chi connectivity index (χ0n) is 42.0. The van der Waals surface area contributed by atoms with E-state index in [0.717, 1.165) is 70.6 Å². The van der Waals surface area contributed by atoms with E-state index in [1.54, 1.807) is 6.08 Å². The van der Waals surface area contributed by atoms with E-state index in [4.69, 9.17) is 9.47 Å². The van der Waals surface area contributed by atoms with Crippen molar-refractivity contribution >= 4 is 5.91 Å². The molecule has 9 heteroatoms. The minimum Gasteiger partial charge on any atom is -0.394 e. The van der Waals surface area contributed by atoms with Crippen LogP contribution in [-0.2, 0) is 14.3 Å². The number of ether oxygens (including phenoxy) is 2. The van der Waals surface area contributed by atoms with Crippen LogP contribution in [0.2, 0.25) is 0 Å². The second kappa shape index (κ2) is 45.9. The summed E-state index contributed by atoms with van der Waals surface area (Å²) in [6.45, 7) is 3.70. The number of unbranched alkanes of at least 4 members (excludes halogenated alkanes) is 30. The number of amides is 1. The van der Waals surface area contributed by atoms with Crippen LogP contribution in [0.5, 0.6) is 0 Å². The van der Waals surface area contributed by atoms with Crippen LogP contribution in [0.3, 0.4) is 0 Å². The first-order valence-corrected chi connectivity index (χ1v) is 27.4. The van der Waals surface area contributed by atoms with Crippen molar-refractivity contribution in [2.45, 2.75) is 288 Å². The standard InChI is InChI=1S/C56H103NO8/c1-3-5-7-9-11-13-15-17-18-19-20-21-22-23-24-25-26-27-28-29-30-31-32-34-35-37-39-41-43-45-50(59)49(48-64-56-55(63)54(62)53(61)51(47-58)65-56)57-52(60)46-44-42-40-38-36-33-16-14-12-10-8-6-4-2/h8,10,14,16,35,37,43,45,49-51,53-56,58-59,61-63H,3-7,9,11-13,15,17-34,36,38-42,44,46-48H2,1-2H3,(H,57,60)/b10-8-,16-14-,37-35+,45-43+. The predicted molar refractivity (Wildman–Crippen MR) is 272 cm³/mol. The highest BCUT2D eigenvalue weighted by molar-refractivity contribution is 5.76. The van der Waals surface area contributed by atoms with Gasteiger partial charge >= 0.3 is 0 Å². The minimum atomic E-state index is -1.58. The molecule has 1 saturated heterocycles. The van der Waals surface area contributed by atoms with Gasteiger partial charge in [-0.2, -0.15) is 0 Å². The number of aliphatic hydroxyl groups is 5. The maximum absolute atomic E-state index is 13.0. The largest absolute Gasteiger partial charge is 0.394 e. The summed E-state index contributed by atoms with van der Waals surface area (Å²) >= 11 is 0. The lowest BCUT2D eigenvalue weighted by Gasteiger charge is -2.40. The van der Waals surface area contributed by atoms with Crippen LogP contribution in [0, 0.1) is 0 Å². The Balaban J connectivity index is 2.22. The fraction of sp³-hybridized carbons (Fsp3) is 0.839. The van der Waals surface area contributed by atoms with Gasteiger partial charge in [0.15, 0.2) is 6.29 Å². The van der Waals surface area contributed by atoms with E-state index in [-0.39, 0.29) is 12.5 Å². The highest BCUT2D eigenvalue weighted by Crippen LogP contribution is 2.23. The summed E-state index contributed by atoms with van der Waals surface area (Å²) in [5.41, 5.74) is 0. The van der Waals surface area contributed by atoms with Gasteiger partial charge in [-0.3, -0.25) is 4.79 Å². The molecule has 65 heavy (non-hydrogen) atoms. The molecule has 1 rings (SSSR count).